The quantitative estimate of drug-likeness (QED) is 0.703. The summed E-state index contributed by atoms with van der Waals surface area (Å²) >= 11 is 0. The third-order valence-electron chi connectivity index (χ3n) is 2.25. The summed E-state index contributed by atoms with van der Waals surface area (Å²) in [6.45, 7) is 3.06. The molecule has 19 heavy (non-hydrogen) atoms. The lowest BCUT2D eigenvalue weighted by molar-refractivity contribution is -0.140. The van der Waals surface area contributed by atoms with Crippen LogP contribution in [0.25, 0.3) is 0 Å². The molecule has 1 amide bonds. The van der Waals surface area contributed by atoms with Gasteiger partial charge in [-0.25, -0.2) is 4.79 Å². The standard InChI is InChI=1S/C13H17NO5/c1-8(2)19-10-5-3-4-9(6-10)12(16)14-11(7-15)13(17)18/h3-6,8,11,15H,7H2,1-2H3,(H,14,16)(H,17,18). The van der Waals surface area contributed by atoms with Crippen LogP contribution in [0.15, 0.2) is 24.3 Å². The Hall–Kier alpha value is -2.08. The molecular formula is C13H17NO5. The number of aliphatic hydroxyl groups is 1. The highest BCUT2D eigenvalue weighted by atomic mass is 16.5. The zero-order valence-corrected chi connectivity index (χ0v) is 10.8. The summed E-state index contributed by atoms with van der Waals surface area (Å²) in [4.78, 5) is 22.5. The maximum absolute atomic E-state index is 11.8. The molecule has 6 heteroatoms. The Morgan fingerprint density at radius 2 is 2.05 bits per heavy atom. The van der Waals surface area contributed by atoms with E-state index in [0.717, 1.165) is 0 Å². The molecule has 1 rings (SSSR count). The van der Waals surface area contributed by atoms with Crippen LogP contribution < -0.4 is 10.1 Å². The third-order valence-corrected chi connectivity index (χ3v) is 2.25. The van der Waals surface area contributed by atoms with E-state index in [-0.39, 0.29) is 11.7 Å². The van der Waals surface area contributed by atoms with Crippen LogP contribution in [0.2, 0.25) is 0 Å². The van der Waals surface area contributed by atoms with Crippen molar-refractivity contribution in [1.82, 2.24) is 5.32 Å². The van der Waals surface area contributed by atoms with Crippen LogP contribution in [-0.2, 0) is 4.79 Å². The predicted molar refractivity (Wildman–Crippen MR) is 68.2 cm³/mol. The fourth-order valence-corrected chi connectivity index (χ4v) is 1.41. The number of hydrogen-bond acceptors (Lipinski definition) is 4. The number of nitrogens with one attached hydrogen (secondary N) is 1. The molecule has 1 atom stereocenters. The number of aliphatic carboxylic acids is 1. The molecule has 0 heterocycles. The molecule has 0 saturated carbocycles. The van der Waals surface area contributed by atoms with Crippen LogP contribution >= 0.6 is 0 Å². The second kappa shape index (κ2) is 6.75. The summed E-state index contributed by atoms with van der Waals surface area (Å²) in [5, 5.41) is 19.8. The average molecular weight is 267 g/mol. The highest BCUT2D eigenvalue weighted by molar-refractivity contribution is 5.96. The van der Waals surface area contributed by atoms with Gasteiger partial charge in [0.25, 0.3) is 5.91 Å². The van der Waals surface area contributed by atoms with E-state index < -0.39 is 24.5 Å². The maximum Gasteiger partial charge on any atom is 0.328 e. The van der Waals surface area contributed by atoms with Gasteiger partial charge in [0.15, 0.2) is 6.04 Å². The Kier molecular flexibility index (Phi) is 5.32. The second-order valence-electron chi connectivity index (χ2n) is 4.24. The molecule has 1 unspecified atom stereocenters. The molecule has 1 aromatic carbocycles. The summed E-state index contributed by atoms with van der Waals surface area (Å²) in [7, 11) is 0. The number of benzene rings is 1. The second-order valence-corrected chi connectivity index (χ2v) is 4.24. The number of carboxylic acids is 1. The molecule has 0 spiro atoms. The highest BCUT2D eigenvalue weighted by Gasteiger charge is 2.19. The fourth-order valence-electron chi connectivity index (χ4n) is 1.41. The normalized spacial score (nSPS) is 12.0. The molecule has 0 fully saturated rings. The number of carbonyl (C=O) groups is 2. The minimum Gasteiger partial charge on any atom is -0.491 e. The lowest BCUT2D eigenvalue weighted by atomic mass is 10.2. The van der Waals surface area contributed by atoms with Crippen molar-refractivity contribution >= 4 is 11.9 Å². The van der Waals surface area contributed by atoms with E-state index in [0.29, 0.717) is 5.75 Å². The fraction of sp³-hybridized carbons (Fsp3) is 0.385. The number of rotatable bonds is 6. The Morgan fingerprint density at radius 3 is 2.58 bits per heavy atom. The van der Waals surface area contributed by atoms with Gasteiger partial charge in [0.1, 0.15) is 5.75 Å². The summed E-state index contributed by atoms with van der Waals surface area (Å²) in [5.41, 5.74) is 0.276. The van der Waals surface area contributed by atoms with Crippen LogP contribution in [0.3, 0.4) is 0 Å². The predicted octanol–water partition coefficient (Wildman–Crippen LogP) is 0.649. The molecule has 0 aliphatic heterocycles. The van der Waals surface area contributed by atoms with E-state index in [9.17, 15) is 9.59 Å². The van der Waals surface area contributed by atoms with Crippen molar-refractivity contribution in [3.8, 4) is 5.75 Å². The first-order valence-corrected chi connectivity index (χ1v) is 5.85. The zero-order chi connectivity index (χ0) is 14.4. The van der Waals surface area contributed by atoms with Gasteiger partial charge in [-0.15, -0.1) is 0 Å². The minimum absolute atomic E-state index is 0.0254. The first-order chi connectivity index (χ1) is 8.93. The minimum atomic E-state index is -1.32. The molecule has 104 valence electrons. The molecular weight excluding hydrogens is 250 g/mol. The molecule has 0 bridgehead atoms. The number of amides is 1. The number of ether oxygens (including phenoxy) is 1. The Labute approximate surface area is 111 Å². The summed E-state index contributed by atoms with van der Waals surface area (Å²) in [6.07, 6.45) is -0.0254. The van der Waals surface area contributed by atoms with Gasteiger partial charge in [-0.05, 0) is 32.0 Å². The monoisotopic (exact) mass is 267 g/mol. The van der Waals surface area contributed by atoms with Crippen LogP contribution in [0.5, 0.6) is 5.75 Å². The van der Waals surface area contributed by atoms with Gasteiger partial charge in [-0.3, -0.25) is 4.79 Å². The first kappa shape index (κ1) is 15.0. The highest BCUT2D eigenvalue weighted by Crippen LogP contribution is 2.15. The van der Waals surface area contributed by atoms with Crippen LogP contribution in [0.4, 0.5) is 0 Å². The van der Waals surface area contributed by atoms with Crippen molar-refractivity contribution in [3.05, 3.63) is 29.8 Å². The maximum atomic E-state index is 11.8. The van der Waals surface area contributed by atoms with Crippen molar-refractivity contribution in [2.24, 2.45) is 0 Å². The van der Waals surface area contributed by atoms with Crippen molar-refractivity contribution in [1.29, 1.82) is 0 Å². The smallest absolute Gasteiger partial charge is 0.328 e. The van der Waals surface area contributed by atoms with Crippen molar-refractivity contribution in [2.75, 3.05) is 6.61 Å². The van der Waals surface area contributed by atoms with Gasteiger partial charge < -0.3 is 20.3 Å². The van der Waals surface area contributed by atoms with Gasteiger partial charge in [-0.1, -0.05) is 6.07 Å². The average Bonchev–Trinajstić information content (AvgIpc) is 2.34. The molecule has 0 aliphatic rings. The lowest BCUT2D eigenvalue weighted by Gasteiger charge is -2.13. The van der Waals surface area contributed by atoms with E-state index in [2.05, 4.69) is 5.32 Å². The molecule has 3 N–H and O–H groups in total. The molecule has 0 saturated heterocycles. The van der Waals surface area contributed by atoms with Crippen molar-refractivity contribution in [3.63, 3.8) is 0 Å². The van der Waals surface area contributed by atoms with Crippen molar-refractivity contribution in [2.45, 2.75) is 26.0 Å². The molecule has 6 nitrogen and oxygen atoms in total. The SMILES string of the molecule is CC(C)Oc1cccc(C(=O)NC(CO)C(=O)O)c1. The van der Waals surface area contributed by atoms with E-state index in [1.807, 2.05) is 13.8 Å². The van der Waals surface area contributed by atoms with Gasteiger partial charge in [0.2, 0.25) is 0 Å². The summed E-state index contributed by atoms with van der Waals surface area (Å²) < 4.78 is 5.44. The Balaban J connectivity index is 2.79. The first-order valence-electron chi connectivity index (χ1n) is 5.85. The largest absolute Gasteiger partial charge is 0.491 e. The molecule has 0 radical (unpaired) electrons. The topological polar surface area (TPSA) is 95.9 Å². The number of carboxylic acid groups (broad SMARTS) is 1. The Morgan fingerprint density at radius 1 is 1.37 bits per heavy atom. The number of aliphatic hydroxyl groups excluding tert-OH is 1. The van der Waals surface area contributed by atoms with E-state index in [1.165, 1.54) is 6.07 Å². The summed E-state index contributed by atoms with van der Waals surface area (Å²) in [6, 6.07) is 5.09. The molecule has 0 aromatic heterocycles. The third kappa shape index (κ3) is 4.59. The number of carbonyl (C=O) groups excluding carboxylic acids is 1. The van der Waals surface area contributed by atoms with E-state index >= 15 is 0 Å². The molecule has 0 aliphatic carbocycles. The van der Waals surface area contributed by atoms with Gasteiger partial charge >= 0.3 is 5.97 Å². The van der Waals surface area contributed by atoms with Gasteiger partial charge in [-0.2, -0.15) is 0 Å². The van der Waals surface area contributed by atoms with Gasteiger partial charge in [0, 0.05) is 5.56 Å². The number of hydrogen-bond donors (Lipinski definition) is 3. The van der Waals surface area contributed by atoms with Crippen LogP contribution in [0.1, 0.15) is 24.2 Å². The Bertz CT molecular complexity index is 458. The van der Waals surface area contributed by atoms with Crippen molar-refractivity contribution < 1.29 is 24.5 Å². The van der Waals surface area contributed by atoms with E-state index in [1.54, 1.807) is 18.2 Å². The van der Waals surface area contributed by atoms with Gasteiger partial charge in [0.05, 0.1) is 12.7 Å². The summed E-state index contributed by atoms with van der Waals surface area (Å²) in [5.74, 6) is -1.33. The molecule has 1 aromatic rings. The van der Waals surface area contributed by atoms with Crippen LogP contribution in [-0.4, -0.2) is 40.8 Å². The van der Waals surface area contributed by atoms with E-state index in [4.69, 9.17) is 14.9 Å². The van der Waals surface area contributed by atoms with Crippen LogP contribution in [0, 0.1) is 0 Å². The zero-order valence-electron chi connectivity index (χ0n) is 10.8. The lowest BCUT2D eigenvalue weighted by Crippen LogP contribution is -2.43.